The van der Waals surface area contributed by atoms with Crippen LogP contribution in [0.1, 0.15) is 52.5 Å². The number of carbonyl (C=O) groups is 1. The van der Waals surface area contributed by atoms with Gasteiger partial charge in [-0.25, -0.2) is 0 Å². The molecule has 1 aliphatic rings. The van der Waals surface area contributed by atoms with E-state index in [4.69, 9.17) is 9.47 Å². The summed E-state index contributed by atoms with van der Waals surface area (Å²) in [6.45, 7) is 8.75. The molecule has 1 heterocycles. The third-order valence-corrected chi connectivity index (χ3v) is 4.66. The Balaban J connectivity index is 1.95. The second-order valence-electron chi connectivity index (χ2n) is 8.22. The van der Waals surface area contributed by atoms with Crippen LogP contribution in [-0.4, -0.2) is 37.2 Å². The fraction of sp³-hybridized carbons (Fsp3) is 0.650. The van der Waals surface area contributed by atoms with E-state index in [1.807, 2.05) is 18.2 Å². The van der Waals surface area contributed by atoms with Crippen LogP contribution in [0.2, 0.25) is 0 Å². The summed E-state index contributed by atoms with van der Waals surface area (Å²) in [7, 11) is 3.25. The molecule has 1 amide bonds. The summed E-state index contributed by atoms with van der Waals surface area (Å²) in [6, 6.07) is 5.96. The van der Waals surface area contributed by atoms with Crippen LogP contribution in [0.15, 0.2) is 18.2 Å². The standard InChI is InChI=1S/C20H32N2O3/c1-19(2)12-15(13-20(3,4)22-19)21-17(23)11-10-14-8-7-9-16(24-5)18(14)25-6/h7-9,15,22H,10-13H2,1-6H3,(H,21,23). The number of ether oxygens (including phenoxy) is 2. The smallest absolute Gasteiger partial charge is 0.220 e. The highest BCUT2D eigenvalue weighted by Crippen LogP contribution is 2.32. The Bertz CT molecular complexity index is 595. The van der Waals surface area contributed by atoms with Crippen LogP contribution < -0.4 is 20.1 Å². The van der Waals surface area contributed by atoms with Crippen molar-refractivity contribution >= 4 is 5.91 Å². The lowest BCUT2D eigenvalue weighted by molar-refractivity contribution is -0.122. The van der Waals surface area contributed by atoms with Crippen molar-refractivity contribution < 1.29 is 14.3 Å². The molecule has 0 aliphatic carbocycles. The minimum absolute atomic E-state index is 0.0235. The summed E-state index contributed by atoms with van der Waals surface area (Å²) in [5.74, 6) is 1.49. The topological polar surface area (TPSA) is 59.6 Å². The highest BCUT2D eigenvalue weighted by Gasteiger charge is 2.38. The number of hydrogen-bond acceptors (Lipinski definition) is 4. The lowest BCUT2D eigenvalue weighted by Gasteiger charge is -2.46. The number of para-hydroxylation sites is 1. The third-order valence-electron chi connectivity index (χ3n) is 4.66. The molecule has 1 aliphatic heterocycles. The Labute approximate surface area is 151 Å². The lowest BCUT2D eigenvalue weighted by Crippen LogP contribution is -2.62. The molecule has 0 radical (unpaired) electrons. The molecular weight excluding hydrogens is 316 g/mol. The van der Waals surface area contributed by atoms with Crippen LogP contribution in [0, 0.1) is 0 Å². The lowest BCUT2D eigenvalue weighted by atomic mass is 9.79. The Morgan fingerprint density at radius 3 is 2.36 bits per heavy atom. The van der Waals surface area contributed by atoms with E-state index in [2.05, 4.69) is 38.3 Å². The summed E-state index contributed by atoms with van der Waals surface area (Å²) >= 11 is 0. The molecule has 0 aromatic heterocycles. The fourth-order valence-corrected chi connectivity index (χ4v) is 4.12. The molecule has 0 bridgehead atoms. The van der Waals surface area contributed by atoms with Gasteiger partial charge in [0.25, 0.3) is 0 Å². The predicted octanol–water partition coefficient (Wildman–Crippen LogP) is 3.06. The van der Waals surface area contributed by atoms with Crippen LogP contribution in [0.3, 0.4) is 0 Å². The van der Waals surface area contributed by atoms with Gasteiger partial charge in [-0.2, -0.15) is 0 Å². The van der Waals surface area contributed by atoms with Gasteiger partial charge in [-0.3, -0.25) is 4.79 Å². The second-order valence-corrected chi connectivity index (χ2v) is 8.22. The van der Waals surface area contributed by atoms with E-state index in [0.29, 0.717) is 24.3 Å². The molecule has 1 fully saturated rings. The molecule has 25 heavy (non-hydrogen) atoms. The van der Waals surface area contributed by atoms with Gasteiger partial charge in [-0.15, -0.1) is 0 Å². The molecule has 0 atom stereocenters. The Morgan fingerprint density at radius 2 is 1.80 bits per heavy atom. The molecular formula is C20H32N2O3. The molecule has 140 valence electrons. The minimum Gasteiger partial charge on any atom is -0.493 e. The molecule has 5 heteroatoms. The maximum Gasteiger partial charge on any atom is 0.220 e. The van der Waals surface area contributed by atoms with Crippen molar-refractivity contribution in [3.63, 3.8) is 0 Å². The van der Waals surface area contributed by atoms with Gasteiger partial charge in [0.05, 0.1) is 14.2 Å². The van der Waals surface area contributed by atoms with Gasteiger partial charge in [-0.05, 0) is 58.6 Å². The molecule has 0 spiro atoms. The van der Waals surface area contributed by atoms with E-state index in [1.165, 1.54) is 0 Å². The van der Waals surface area contributed by atoms with Crippen molar-refractivity contribution in [3.8, 4) is 11.5 Å². The van der Waals surface area contributed by atoms with Gasteiger partial charge in [0.2, 0.25) is 5.91 Å². The average Bonchev–Trinajstić information content (AvgIpc) is 2.49. The summed E-state index contributed by atoms with van der Waals surface area (Å²) < 4.78 is 10.8. The zero-order chi connectivity index (χ0) is 18.7. The first-order valence-electron chi connectivity index (χ1n) is 8.94. The summed E-state index contributed by atoms with van der Waals surface area (Å²) in [5.41, 5.74) is 1.04. The van der Waals surface area contributed by atoms with Crippen LogP contribution in [0.25, 0.3) is 0 Å². The van der Waals surface area contributed by atoms with Crippen molar-refractivity contribution in [1.82, 2.24) is 10.6 Å². The number of carbonyl (C=O) groups excluding carboxylic acids is 1. The van der Waals surface area contributed by atoms with E-state index in [0.717, 1.165) is 18.4 Å². The van der Waals surface area contributed by atoms with Gasteiger partial charge in [0.1, 0.15) is 0 Å². The number of hydrogen-bond donors (Lipinski definition) is 2. The molecule has 0 unspecified atom stereocenters. The van der Waals surface area contributed by atoms with E-state index in [1.54, 1.807) is 14.2 Å². The van der Waals surface area contributed by atoms with Crippen LogP contribution in [-0.2, 0) is 11.2 Å². The van der Waals surface area contributed by atoms with Gasteiger partial charge in [0.15, 0.2) is 11.5 Å². The van der Waals surface area contributed by atoms with E-state index in [9.17, 15) is 4.79 Å². The number of piperidine rings is 1. The maximum atomic E-state index is 12.5. The van der Waals surface area contributed by atoms with Crippen LogP contribution in [0.5, 0.6) is 11.5 Å². The molecule has 2 N–H and O–H groups in total. The second kappa shape index (κ2) is 7.65. The molecule has 0 saturated carbocycles. The van der Waals surface area contributed by atoms with E-state index in [-0.39, 0.29) is 23.0 Å². The summed E-state index contributed by atoms with van der Waals surface area (Å²) in [5, 5.41) is 6.85. The molecule has 5 nitrogen and oxygen atoms in total. The predicted molar refractivity (Wildman–Crippen MR) is 100 cm³/mol. The molecule has 1 aromatic carbocycles. The van der Waals surface area contributed by atoms with Crippen LogP contribution >= 0.6 is 0 Å². The van der Waals surface area contributed by atoms with Crippen LogP contribution in [0.4, 0.5) is 0 Å². The van der Waals surface area contributed by atoms with Crippen molar-refractivity contribution in [2.24, 2.45) is 0 Å². The summed E-state index contributed by atoms with van der Waals surface area (Å²) in [6.07, 6.45) is 2.94. The van der Waals surface area contributed by atoms with Gasteiger partial charge < -0.3 is 20.1 Å². The normalized spacial score (nSPS) is 19.3. The first-order valence-corrected chi connectivity index (χ1v) is 8.94. The zero-order valence-electron chi connectivity index (χ0n) is 16.4. The van der Waals surface area contributed by atoms with E-state index >= 15 is 0 Å². The Kier molecular flexibility index (Phi) is 5.99. The van der Waals surface area contributed by atoms with Crippen molar-refractivity contribution in [2.75, 3.05) is 14.2 Å². The van der Waals surface area contributed by atoms with Crippen molar-refractivity contribution in [2.45, 2.75) is 70.5 Å². The Hall–Kier alpha value is -1.75. The fourth-order valence-electron chi connectivity index (χ4n) is 4.12. The first-order chi connectivity index (χ1) is 11.7. The number of rotatable bonds is 6. The first kappa shape index (κ1) is 19.6. The highest BCUT2D eigenvalue weighted by atomic mass is 16.5. The highest BCUT2D eigenvalue weighted by molar-refractivity contribution is 5.76. The Morgan fingerprint density at radius 1 is 1.16 bits per heavy atom. The number of aryl methyl sites for hydroxylation is 1. The molecule has 2 rings (SSSR count). The average molecular weight is 348 g/mol. The number of methoxy groups -OCH3 is 2. The quantitative estimate of drug-likeness (QED) is 0.829. The molecule has 1 aromatic rings. The van der Waals surface area contributed by atoms with Gasteiger partial charge in [0, 0.05) is 23.5 Å². The summed E-state index contributed by atoms with van der Waals surface area (Å²) in [4.78, 5) is 12.5. The monoisotopic (exact) mass is 348 g/mol. The van der Waals surface area contributed by atoms with Gasteiger partial charge >= 0.3 is 0 Å². The van der Waals surface area contributed by atoms with Gasteiger partial charge in [-0.1, -0.05) is 12.1 Å². The van der Waals surface area contributed by atoms with Crippen molar-refractivity contribution in [1.29, 1.82) is 0 Å². The largest absolute Gasteiger partial charge is 0.493 e. The minimum atomic E-state index is 0.0235. The van der Waals surface area contributed by atoms with Crippen molar-refractivity contribution in [3.05, 3.63) is 23.8 Å². The number of amides is 1. The molecule has 1 saturated heterocycles. The van der Waals surface area contributed by atoms with E-state index < -0.39 is 0 Å². The number of nitrogens with one attached hydrogen (secondary N) is 2. The number of benzene rings is 1. The maximum absolute atomic E-state index is 12.5. The zero-order valence-corrected chi connectivity index (χ0v) is 16.4. The SMILES string of the molecule is COc1cccc(CCC(=O)NC2CC(C)(C)NC(C)(C)C2)c1OC. The third kappa shape index (κ3) is 5.36.